The molecule has 0 aromatic heterocycles. The van der Waals surface area contributed by atoms with E-state index in [0.29, 0.717) is 6.04 Å². The van der Waals surface area contributed by atoms with Gasteiger partial charge in [0, 0.05) is 32.2 Å². The maximum absolute atomic E-state index is 3.29. The minimum Gasteiger partial charge on any atom is -0.318 e. The third-order valence-corrected chi connectivity index (χ3v) is 3.15. The lowest BCUT2D eigenvalue weighted by Crippen LogP contribution is -2.44. The Hall–Kier alpha value is -0.120. The van der Waals surface area contributed by atoms with E-state index in [1.165, 1.54) is 26.2 Å². The van der Waals surface area contributed by atoms with Gasteiger partial charge < -0.3 is 15.1 Å². The molecule has 0 aliphatic carbocycles. The van der Waals surface area contributed by atoms with E-state index in [1.807, 2.05) is 7.05 Å². The zero-order valence-corrected chi connectivity index (χ0v) is 10.1. The minimum absolute atomic E-state index is 0.671. The second-order valence-electron chi connectivity index (χ2n) is 4.61. The molecule has 0 aromatic rings. The lowest BCUT2D eigenvalue weighted by Gasteiger charge is -2.28. The molecular weight excluding hydrogens is 174 g/mol. The molecule has 2 atom stereocenters. The highest BCUT2D eigenvalue weighted by Gasteiger charge is 2.24. The molecule has 1 saturated heterocycles. The van der Waals surface area contributed by atoms with Crippen molar-refractivity contribution in [3.05, 3.63) is 0 Å². The second kappa shape index (κ2) is 5.69. The van der Waals surface area contributed by atoms with Crippen molar-refractivity contribution in [2.45, 2.75) is 19.9 Å². The van der Waals surface area contributed by atoms with Crippen molar-refractivity contribution in [1.82, 2.24) is 15.1 Å². The first kappa shape index (κ1) is 12.0. The molecule has 0 spiro atoms. The van der Waals surface area contributed by atoms with E-state index in [4.69, 9.17) is 0 Å². The second-order valence-corrected chi connectivity index (χ2v) is 4.61. The fourth-order valence-corrected chi connectivity index (χ4v) is 2.37. The van der Waals surface area contributed by atoms with E-state index in [1.54, 1.807) is 0 Å². The zero-order chi connectivity index (χ0) is 10.6. The molecule has 0 bridgehead atoms. The van der Waals surface area contributed by atoms with E-state index in [0.717, 1.165) is 12.5 Å². The lowest BCUT2D eigenvalue weighted by atomic mass is 10.1. The molecule has 0 amide bonds. The highest BCUT2D eigenvalue weighted by Crippen LogP contribution is 2.11. The standard InChI is InChI=1S/C11H25N3/c1-5-14-8-10(2)7-13(4)11(9-14)6-12-3/h10-12H,5-9H2,1-4H3. The molecule has 3 nitrogen and oxygen atoms in total. The average Bonchev–Trinajstić information content (AvgIpc) is 2.27. The molecule has 1 aliphatic rings. The van der Waals surface area contributed by atoms with Crippen molar-refractivity contribution < 1.29 is 0 Å². The summed E-state index contributed by atoms with van der Waals surface area (Å²) < 4.78 is 0. The first-order valence-corrected chi connectivity index (χ1v) is 5.74. The van der Waals surface area contributed by atoms with Crippen LogP contribution in [0.1, 0.15) is 13.8 Å². The zero-order valence-electron chi connectivity index (χ0n) is 10.1. The molecule has 14 heavy (non-hydrogen) atoms. The predicted octanol–water partition coefficient (Wildman–Crippen LogP) is 0.478. The van der Waals surface area contributed by atoms with Crippen molar-refractivity contribution in [1.29, 1.82) is 0 Å². The lowest BCUT2D eigenvalue weighted by molar-refractivity contribution is 0.209. The van der Waals surface area contributed by atoms with Crippen LogP contribution in [0.25, 0.3) is 0 Å². The van der Waals surface area contributed by atoms with E-state index in [2.05, 4.69) is 36.0 Å². The van der Waals surface area contributed by atoms with Crippen molar-refractivity contribution in [3.8, 4) is 0 Å². The summed E-state index contributed by atoms with van der Waals surface area (Å²) in [6.07, 6.45) is 0. The number of hydrogen-bond donors (Lipinski definition) is 1. The molecule has 0 saturated carbocycles. The number of rotatable bonds is 3. The van der Waals surface area contributed by atoms with Gasteiger partial charge in [-0.05, 0) is 26.6 Å². The van der Waals surface area contributed by atoms with Gasteiger partial charge in [-0.3, -0.25) is 0 Å². The first-order valence-electron chi connectivity index (χ1n) is 5.74. The van der Waals surface area contributed by atoms with Crippen LogP contribution in [-0.4, -0.2) is 62.7 Å². The molecular formula is C11H25N3. The van der Waals surface area contributed by atoms with Gasteiger partial charge in [-0.1, -0.05) is 13.8 Å². The first-order chi connectivity index (χ1) is 6.67. The van der Waals surface area contributed by atoms with Crippen molar-refractivity contribution in [3.63, 3.8) is 0 Å². The van der Waals surface area contributed by atoms with Crippen LogP contribution in [0.4, 0.5) is 0 Å². The van der Waals surface area contributed by atoms with E-state index < -0.39 is 0 Å². The number of hydrogen-bond acceptors (Lipinski definition) is 3. The van der Waals surface area contributed by atoms with Crippen LogP contribution in [0, 0.1) is 5.92 Å². The fourth-order valence-electron chi connectivity index (χ4n) is 2.37. The molecule has 1 aliphatic heterocycles. The van der Waals surface area contributed by atoms with Crippen molar-refractivity contribution in [2.75, 3.05) is 46.8 Å². The molecule has 1 fully saturated rings. The summed E-state index contributed by atoms with van der Waals surface area (Å²) in [5, 5.41) is 3.29. The molecule has 0 aromatic carbocycles. The Morgan fingerprint density at radius 3 is 2.57 bits per heavy atom. The van der Waals surface area contributed by atoms with Crippen LogP contribution in [0.15, 0.2) is 0 Å². The fraction of sp³-hybridized carbons (Fsp3) is 1.00. The number of nitrogens with one attached hydrogen (secondary N) is 1. The summed E-state index contributed by atoms with van der Waals surface area (Å²) in [6.45, 7) is 10.6. The predicted molar refractivity (Wildman–Crippen MR) is 61.6 cm³/mol. The summed E-state index contributed by atoms with van der Waals surface area (Å²) in [5.74, 6) is 0.793. The van der Waals surface area contributed by atoms with Gasteiger partial charge >= 0.3 is 0 Å². The van der Waals surface area contributed by atoms with Gasteiger partial charge in [0.2, 0.25) is 0 Å². The molecule has 1 heterocycles. The Bertz CT molecular complexity index is 161. The molecule has 1 rings (SSSR count). The van der Waals surface area contributed by atoms with Gasteiger partial charge in [0.1, 0.15) is 0 Å². The molecule has 3 heteroatoms. The molecule has 1 N–H and O–H groups in total. The monoisotopic (exact) mass is 199 g/mol. The van der Waals surface area contributed by atoms with Crippen LogP contribution in [-0.2, 0) is 0 Å². The highest BCUT2D eigenvalue weighted by atomic mass is 15.2. The number of nitrogens with zero attached hydrogens (tertiary/aromatic N) is 2. The molecule has 2 unspecified atom stereocenters. The third-order valence-electron chi connectivity index (χ3n) is 3.15. The number of likely N-dealkylation sites (N-methyl/N-ethyl adjacent to an activating group) is 3. The Morgan fingerprint density at radius 2 is 2.00 bits per heavy atom. The van der Waals surface area contributed by atoms with E-state index >= 15 is 0 Å². The summed E-state index contributed by atoms with van der Waals surface area (Å²) in [7, 11) is 4.29. The summed E-state index contributed by atoms with van der Waals surface area (Å²) in [4.78, 5) is 5.06. The Balaban J connectivity index is 2.56. The quantitative estimate of drug-likeness (QED) is 0.713. The largest absolute Gasteiger partial charge is 0.318 e. The van der Waals surface area contributed by atoms with Crippen LogP contribution in [0.5, 0.6) is 0 Å². The van der Waals surface area contributed by atoms with Crippen LogP contribution < -0.4 is 5.32 Å². The molecule has 84 valence electrons. The Labute approximate surface area is 88.5 Å². The van der Waals surface area contributed by atoms with Crippen LogP contribution in [0.2, 0.25) is 0 Å². The summed E-state index contributed by atoms with van der Waals surface area (Å²) in [5.41, 5.74) is 0. The summed E-state index contributed by atoms with van der Waals surface area (Å²) in [6, 6.07) is 0.671. The smallest absolute Gasteiger partial charge is 0.0344 e. The van der Waals surface area contributed by atoms with Gasteiger partial charge in [-0.25, -0.2) is 0 Å². The topological polar surface area (TPSA) is 18.5 Å². The Kier molecular flexibility index (Phi) is 4.85. The highest BCUT2D eigenvalue weighted by molar-refractivity contribution is 4.81. The van der Waals surface area contributed by atoms with E-state index in [-0.39, 0.29) is 0 Å². The maximum atomic E-state index is 3.29. The molecule has 0 radical (unpaired) electrons. The Morgan fingerprint density at radius 1 is 1.29 bits per heavy atom. The van der Waals surface area contributed by atoms with Crippen LogP contribution in [0.3, 0.4) is 0 Å². The maximum Gasteiger partial charge on any atom is 0.0344 e. The SMILES string of the molecule is CCN1CC(C)CN(C)C(CNC)C1. The van der Waals surface area contributed by atoms with Crippen LogP contribution >= 0.6 is 0 Å². The minimum atomic E-state index is 0.671. The normalized spacial score (nSPS) is 31.7. The average molecular weight is 199 g/mol. The van der Waals surface area contributed by atoms with Crippen molar-refractivity contribution in [2.24, 2.45) is 5.92 Å². The van der Waals surface area contributed by atoms with Gasteiger partial charge in [-0.15, -0.1) is 0 Å². The van der Waals surface area contributed by atoms with Gasteiger partial charge in [-0.2, -0.15) is 0 Å². The van der Waals surface area contributed by atoms with Gasteiger partial charge in [0.25, 0.3) is 0 Å². The summed E-state index contributed by atoms with van der Waals surface area (Å²) >= 11 is 0. The third kappa shape index (κ3) is 3.23. The van der Waals surface area contributed by atoms with Gasteiger partial charge in [0.05, 0.1) is 0 Å². The van der Waals surface area contributed by atoms with E-state index in [9.17, 15) is 0 Å². The van der Waals surface area contributed by atoms with Gasteiger partial charge in [0.15, 0.2) is 0 Å². The van der Waals surface area contributed by atoms with Crippen molar-refractivity contribution >= 4 is 0 Å².